The molecule has 282 valence electrons. The molecular formula is C30H62FO13P3. The molecule has 17 heteroatoms. The van der Waals surface area contributed by atoms with E-state index in [9.17, 15) is 18.8 Å². The lowest BCUT2D eigenvalue weighted by Crippen LogP contribution is -2.56. The Kier molecular flexibility index (Phi) is 14.5. The Bertz CT molecular complexity index is 1110. The molecule has 0 saturated heterocycles. The van der Waals surface area contributed by atoms with E-state index in [1.54, 1.807) is 125 Å². The monoisotopic (exact) mass is 742 g/mol. The van der Waals surface area contributed by atoms with Crippen LogP contribution < -0.4 is 0 Å². The van der Waals surface area contributed by atoms with E-state index in [1.165, 1.54) is 0 Å². The number of halogens is 1. The summed E-state index contributed by atoms with van der Waals surface area (Å²) >= 11 is 0. The summed E-state index contributed by atoms with van der Waals surface area (Å²) in [6.07, 6.45) is -10.2. The lowest BCUT2D eigenvalue weighted by molar-refractivity contribution is -0.158. The first-order valence-corrected chi connectivity index (χ1v) is 20.1. The Morgan fingerprint density at radius 3 is 0.957 bits per heavy atom. The van der Waals surface area contributed by atoms with Gasteiger partial charge in [0.2, 0.25) is 0 Å². The number of hydrogen-bond acceptors (Lipinski definition) is 13. The summed E-state index contributed by atoms with van der Waals surface area (Å²) in [6.45, 7) is 29.0. The Labute approximate surface area is 282 Å². The molecule has 0 spiro atoms. The number of aliphatic hydroxyl groups excluding tert-OH is 1. The largest absolute Gasteiger partial charge is 0.476 e. The fourth-order valence-corrected chi connectivity index (χ4v) is 10.1. The molecule has 1 saturated carbocycles. The molecule has 13 nitrogen and oxygen atoms in total. The van der Waals surface area contributed by atoms with E-state index in [2.05, 4.69) is 0 Å². The maximum atomic E-state index is 16.5. The molecule has 0 aromatic rings. The molecule has 1 N–H and O–H groups in total. The highest BCUT2D eigenvalue weighted by atomic mass is 31.2. The van der Waals surface area contributed by atoms with Crippen LogP contribution in [0, 0.1) is 0 Å². The third kappa shape index (κ3) is 17.8. The number of aliphatic hydroxyl groups is 1. The average Bonchev–Trinajstić information content (AvgIpc) is 2.65. The summed E-state index contributed by atoms with van der Waals surface area (Å²) in [7, 11) is -13.8. The fourth-order valence-electron chi connectivity index (χ4n) is 4.12. The van der Waals surface area contributed by atoms with E-state index in [4.69, 9.17) is 40.7 Å². The van der Waals surface area contributed by atoms with Crippen LogP contribution in [0.4, 0.5) is 4.39 Å². The summed E-state index contributed by atoms with van der Waals surface area (Å²) in [5.74, 6) is 0. The molecule has 0 heterocycles. The SMILES string of the molecule is CC(C)(C)OP(=O)(O[C@@H]1[C@@H](F)[C@@H](O)[C@@H](OP(=O)(OC(C)(C)C)OC(C)(C)C)C[C@H]1OP(=O)(OC(C)(C)C)OC(C)(C)C)OC(C)(C)C. The van der Waals surface area contributed by atoms with Crippen LogP contribution in [-0.2, 0) is 54.4 Å². The van der Waals surface area contributed by atoms with Crippen molar-refractivity contribution in [2.75, 3.05) is 0 Å². The predicted octanol–water partition coefficient (Wildman–Crippen LogP) is 9.46. The summed E-state index contributed by atoms with van der Waals surface area (Å²) in [4.78, 5) is 0. The summed E-state index contributed by atoms with van der Waals surface area (Å²) in [5, 5.41) is 11.2. The van der Waals surface area contributed by atoms with Crippen LogP contribution in [0.2, 0.25) is 0 Å². The van der Waals surface area contributed by atoms with Gasteiger partial charge in [-0.2, -0.15) is 0 Å². The molecule has 0 aromatic heterocycles. The van der Waals surface area contributed by atoms with Crippen LogP contribution in [0.3, 0.4) is 0 Å². The van der Waals surface area contributed by atoms with Gasteiger partial charge in [0.15, 0.2) is 6.17 Å². The third-order valence-electron chi connectivity index (χ3n) is 4.95. The molecule has 47 heavy (non-hydrogen) atoms. The van der Waals surface area contributed by atoms with Crippen LogP contribution in [-0.4, -0.2) is 69.3 Å². The highest BCUT2D eigenvalue weighted by molar-refractivity contribution is 7.49. The lowest BCUT2D eigenvalue weighted by Gasteiger charge is -2.44. The van der Waals surface area contributed by atoms with E-state index in [0.29, 0.717) is 0 Å². The minimum Gasteiger partial charge on any atom is -0.387 e. The fraction of sp³-hybridized carbons (Fsp3) is 1.00. The van der Waals surface area contributed by atoms with Gasteiger partial charge >= 0.3 is 23.5 Å². The first kappa shape index (κ1) is 45.2. The molecule has 0 amide bonds. The smallest absolute Gasteiger partial charge is 0.387 e. The van der Waals surface area contributed by atoms with E-state index >= 15 is 4.39 Å². The maximum Gasteiger partial charge on any atom is 0.476 e. The van der Waals surface area contributed by atoms with Gasteiger partial charge in [0.05, 0.1) is 33.6 Å². The van der Waals surface area contributed by atoms with Gasteiger partial charge in [0.1, 0.15) is 24.4 Å². The van der Waals surface area contributed by atoms with Crippen LogP contribution in [0.15, 0.2) is 0 Å². The minimum absolute atomic E-state index is 0.521. The van der Waals surface area contributed by atoms with Crippen LogP contribution >= 0.6 is 23.5 Å². The predicted molar refractivity (Wildman–Crippen MR) is 178 cm³/mol. The topological polar surface area (TPSA) is 155 Å². The molecule has 1 fully saturated rings. The van der Waals surface area contributed by atoms with Gasteiger partial charge in [-0.05, 0) is 125 Å². The summed E-state index contributed by atoms with van der Waals surface area (Å²) in [5.41, 5.74) is -6.43. The van der Waals surface area contributed by atoms with Gasteiger partial charge in [0.25, 0.3) is 0 Å². The van der Waals surface area contributed by atoms with E-state index in [-0.39, 0.29) is 0 Å². The van der Waals surface area contributed by atoms with Crippen molar-refractivity contribution in [3.63, 3.8) is 0 Å². The maximum absolute atomic E-state index is 16.5. The number of rotatable bonds is 12. The Morgan fingerprint density at radius 1 is 0.468 bits per heavy atom. The molecule has 1 rings (SSSR count). The van der Waals surface area contributed by atoms with Crippen molar-refractivity contribution in [3.05, 3.63) is 0 Å². The van der Waals surface area contributed by atoms with Crippen molar-refractivity contribution in [1.29, 1.82) is 0 Å². The van der Waals surface area contributed by atoms with E-state index in [0.717, 1.165) is 0 Å². The van der Waals surface area contributed by atoms with Gasteiger partial charge in [-0.3, -0.25) is 40.7 Å². The third-order valence-corrected chi connectivity index (χ3v) is 11.1. The van der Waals surface area contributed by atoms with Crippen LogP contribution in [0.25, 0.3) is 0 Å². The van der Waals surface area contributed by atoms with Crippen molar-refractivity contribution in [2.45, 2.75) is 195 Å². The van der Waals surface area contributed by atoms with Gasteiger partial charge in [-0.25, -0.2) is 18.1 Å². The number of phosphoric acid groups is 3. The molecule has 0 aromatic carbocycles. The van der Waals surface area contributed by atoms with Crippen molar-refractivity contribution in [2.24, 2.45) is 0 Å². The lowest BCUT2D eigenvalue weighted by atomic mass is 9.88. The number of phosphoric ester groups is 3. The molecule has 0 aliphatic heterocycles. The highest BCUT2D eigenvalue weighted by Crippen LogP contribution is 2.63. The second kappa shape index (κ2) is 15.1. The van der Waals surface area contributed by atoms with Crippen LogP contribution in [0.5, 0.6) is 0 Å². The summed E-state index contributed by atoms with van der Waals surface area (Å²) in [6, 6.07) is 0. The molecule has 1 aliphatic carbocycles. The Balaban J connectivity index is 3.83. The van der Waals surface area contributed by atoms with Gasteiger partial charge in [-0.1, -0.05) is 0 Å². The van der Waals surface area contributed by atoms with E-state index < -0.39 is 94.1 Å². The van der Waals surface area contributed by atoms with Gasteiger partial charge < -0.3 is 5.11 Å². The number of hydrogen-bond donors (Lipinski definition) is 1. The standard InChI is InChI=1S/C30H62FO13P3/c1-25(2,3)39-45(33,40-26(4,5)6)36-20-19-21(37-46(34,41-27(7,8)9)42-28(10,11)12)24(22(31)23(20)32)38-47(35,43-29(13,14)15)44-30(16,17)18/h20-24,32H,19H2,1-18H3/t20-,21+,22-,23-,24-/m0/s1. The second-order valence-electron chi connectivity index (χ2n) is 17.6. The van der Waals surface area contributed by atoms with Crippen LogP contribution in [0.1, 0.15) is 131 Å². The average molecular weight is 743 g/mol. The first-order chi connectivity index (χ1) is 20.3. The zero-order chi connectivity index (χ0) is 37.5. The van der Waals surface area contributed by atoms with Gasteiger partial charge in [-0.15, -0.1) is 0 Å². The highest BCUT2D eigenvalue weighted by Gasteiger charge is 2.56. The molecule has 0 radical (unpaired) electrons. The number of alkyl halides is 1. The second-order valence-corrected chi connectivity index (χ2v) is 22.0. The van der Waals surface area contributed by atoms with Crippen molar-refractivity contribution >= 4 is 23.5 Å². The zero-order valence-electron chi connectivity index (χ0n) is 31.7. The first-order valence-electron chi connectivity index (χ1n) is 15.7. The minimum atomic E-state index is -4.64. The zero-order valence-corrected chi connectivity index (χ0v) is 34.3. The van der Waals surface area contributed by atoms with E-state index in [1.807, 2.05) is 0 Å². The van der Waals surface area contributed by atoms with Gasteiger partial charge in [0, 0.05) is 6.42 Å². The molecule has 0 bridgehead atoms. The molecule has 0 unspecified atom stereocenters. The summed E-state index contributed by atoms with van der Waals surface area (Å²) < 4.78 is 111. The van der Waals surface area contributed by atoms with Crippen molar-refractivity contribution < 1.29 is 63.9 Å². The quantitative estimate of drug-likeness (QED) is 0.189. The molecule has 1 aliphatic rings. The Hall–Kier alpha value is 0.220. The molecular weight excluding hydrogens is 680 g/mol. The van der Waals surface area contributed by atoms with Crippen molar-refractivity contribution in [3.8, 4) is 0 Å². The molecule has 5 atom stereocenters. The normalized spacial score (nSPS) is 24.9. The van der Waals surface area contributed by atoms with Crippen molar-refractivity contribution in [1.82, 2.24) is 0 Å². The Morgan fingerprint density at radius 2 is 0.702 bits per heavy atom.